The van der Waals surface area contributed by atoms with Gasteiger partial charge >= 0.3 is 0 Å². The lowest BCUT2D eigenvalue weighted by Gasteiger charge is -2.29. The lowest BCUT2D eigenvalue weighted by Crippen LogP contribution is -2.25. The molecule has 0 amide bonds. The van der Waals surface area contributed by atoms with E-state index < -0.39 is 37.1 Å². The second kappa shape index (κ2) is 15.4. The summed E-state index contributed by atoms with van der Waals surface area (Å²) in [5, 5.41) is 1.84. The van der Waals surface area contributed by atoms with Crippen molar-refractivity contribution >= 4 is 44.6 Å². The van der Waals surface area contributed by atoms with Crippen LogP contribution in [0.1, 0.15) is 122 Å². The average molecular weight is 853 g/mol. The highest BCUT2D eigenvalue weighted by Gasteiger charge is 2.32. The first-order valence-corrected chi connectivity index (χ1v) is 22.2. The van der Waals surface area contributed by atoms with Crippen LogP contribution in [0.3, 0.4) is 0 Å². The van der Waals surface area contributed by atoms with Crippen molar-refractivity contribution in [1.29, 1.82) is 0 Å². The molecule has 8 aromatic rings. The van der Waals surface area contributed by atoms with Gasteiger partial charge in [0.15, 0.2) is 0 Å². The molecule has 0 atom stereocenters. The lowest BCUT2D eigenvalue weighted by molar-refractivity contribution is 0.483. The van der Waals surface area contributed by atoms with E-state index >= 15 is 0 Å². The molecule has 6 aromatic carbocycles. The quantitative estimate of drug-likeness (QED) is 0.167. The summed E-state index contributed by atoms with van der Waals surface area (Å²) in [5.41, 5.74) is 9.99. The molecule has 64 heavy (non-hydrogen) atoms. The topological polar surface area (TPSA) is 33.5 Å². The van der Waals surface area contributed by atoms with Crippen molar-refractivity contribution in [2.45, 2.75) is 112 Å². The van der Waals surface area contributed by atoms with Gasteiger partial charge in [-0.2, -0.15) is 0 Å². The highest BCUT2D eigenvalue weighted by molar-refractivity contribution is 6.10. The summed E-state index contributed by atoms with van der Waals surface area (Å²) in [6.45, 7) is 24.7. The second-order valence-corrected chi connectivity index (χ2v) is 21.4. The van der Waals surface area contributed by atoms with Crippen LogP contribution in [0.2, 0.25) is 0 Å². The summed E-state index contributed by atoms with van der Waals surface area (Å²) in [7, 11) is 0. The van der Waals surface area contributed by atoms with E-state index in [4.69, 9.17) is 20.7 Å². The van der Waals surface area contributed by atoms with E-state index in [0.29, 0.717) is 18.2 Å². The van der Waals surface area contributed by atoms with E-state index in [2.05, 4.69) is 154 Å². The Morgan fingerprint density at radius 1 is 0.547 bits per heavy atom. The molecule has 5 heteroatoms. The fourth-order valence-corrected chi connectivity index (χ4v) is 8.58. The third-order valence-electron chi connectivity index (χ3n) is 12.5. The van der Waals surface area contributed by atoms with Gasteiger partial charge in [-0.3, -0.25) is 4.57 Å². The van der Waals surface area contributed by atoms with Crippen LogP contribution in [-0.4, -0.2) is 16.2 Å². The molecule has 0 aliphatic carbocycles. The molecule has 0 spiro atoms. The van der Waals surface area contributed by atoms with E-state index in [1.807, 2.05) is 41.0 Å². The molecule has 0 bridgehead atoms. The Morgan fingerprint density at radius 2 is 1.19 bits per heavy atom. The number of hydrogen-bond acceptors (Lipinski definition) is 4. The van der Waals surface area contributed by atoms with Gasteiger partial charge in [0.05, 0.1) is 29.3 Å². The molecular weight excluding hydrogens is 781 g/mol. The van der Waals surface area contributed by atoms with Crippen LogP contribution >= 0.6 is 0 Å². The molecule has 1 aliphatic rings. The van der Waals surface area contributed by atoms with Gasteiger partial charge in [-0.25, -0.2) is 4.98 Å². The normalized spacial score (nSPS) is 15.6. The maximum atomic E-state index is 8.68. The lowest BCUT2D eigenvalue weighted by atomic mass is 9.80. The minimum absolute atomic E-state index is 0.0496. The maximum Gasteiger partial charge on any atom is 0.137 e. The maximum absolute atomic E-state index is 8.68. The van der Waals surface area contributed by atoms with E-state index in [-0.39, 0.29) is 44.2 Å². The molecule has 0 saturated heterocycles. The van der Waals surface area contributed by atoms with Crippen molar-refractivity contribution in [3.05, 3.63) is 167 Å². The Kier molecular flexibility index (Phi) is 8.23. The van der Waals surface area contributed by atoms with E-state index in [9.17, 15) is 0 Å². The van der Waals surface area contributed by atoms with Crippen molar-refractivity contribution in [2.24, 2.45) is 0 Å². The second-order valence-electron chi connectivity index (χ2n) is 21.4. The largest absolute Gasteiger partial charge is 0.457 e. The summed E-state index contributed by atoms with van der Waals surface area (Å²) in [5.74, 6) is 1.47. The Hall–Kier alpha value is -6.33. The van der Waals surface area contributed by atoms with Crippen molar-refractivity contribution < 1.29 is 15.7 Å². The van der Waals surface area contributed by atoms with Gasteiger partial charge in [-0.05, 0) is 129 Å². The number of nitrogens with zero attached hydrogens (tertiary/aromatic N) is 4. The first-order valence-electron chi connectivity index (χ1n) is 26.2. The number of rotatable bonds is 6. The highest BCUT2D eigenvalue weighted by atomic mass is 16.5. The van der Waals surface area contributed by atoms with Gasteiger partial charge in [0.25, 0.3) is 0 Å². The molecule has 9 rings (SSSR count). The van der Waals surface area contributed by atoms with Crippen molar-refractivity contribution in [1.82, 2.24) is 9.55 Å². The first kappa shape index (κ1) is 34.1. The van der Waals surface area contributed by atoms with E-state index in [1.165, 1.54) is 29.0 Å². The number of pyridine rings is 1. The van der Waals surface area contributed by atoms with Crippen LogP contribution in [0.15, 0.2) is 140 Å². The Balaban J connectivity index is 1.16. The van der Waals surface area contributed by atoms with Crippen molar-refractivity contribution in [3.63, 3.8) is 0 Å². The van der Waals surface area contributed by atoms with Gasteiger partial charge in [0.1, 0.15) is 24.0 Å². The average Bonchev–Trinajstić information content (AvgIpc) is 3.84. The van der Waals surface area contributed by atoms with Crippen LogP contribution in [0.4, 0.5) is 22.7 Å². The summed E-state index contributed by atoms with van der Waals surface area (Å²) in [6, 6.07) is 32.9. The molecule has 0 saturated carbocycles. The minimum atomic E-state index is -2.74. The molecule has 3 heterocycles. The zero-order valence-electron chi connectivity index (χ0n) is 47.3. The summed E-state index contributed by atoms with van der Waals surface area (Å²) < 4.78 is 76.8. The Bertz CT molecular complexity index is 3410. The Morgan fingerprint density at radius 3 is 1.86 bits per heavy atom. The van der Waals surface area contributed by atoms with Gasteiger partial charge in [0.2, 0.25) is 0 Å². The molecule has 5 nitrogen and oxygen atoms in total. The number of aryl methyl sites for hydroxylation is 1. The standard InChI is InChI=1S/C59H64N4O/c1-38-28-55(60-36-50(38)39-18-15-14-16-19-39)63-51-26-22-40(56(2,3)4)32-49(51)48-25-24-47(35-53(48)63)64-46-21-17-20-44(34-46)61-37-62(52-27-23-41(33-54(52)61)57(5,6)7)45-30-42(58(8,9)10)29-43(31-45)59(11,12)13/h14-36H,37H2,1-13H3/i1D3,14D,15D,16D,18D,19D. The minimum Gasteiger partial charge on any atom is -0.457 e. The zero-order chi connectivity index (χ0) is 52.4. The molecule has 1 aliphatic heterocycles. The predicted molar refractivity (Wildman–Crippen MR) is 272 cm³/mol. The van der Waals surface area contributed by atoms with Crippen LogP contribution in [-0.2, 0) is 21.7 Å². The molecule has 326 valence electrons. The number of fused-ring (bicyclic) bond motifs is 4. The molecule has 2 aromatic heterocycles. The van der Waals surface area contributed by atoms with Gasteiger partial charge in [0, 0.05) is 50.2 Å². The van der Waals surface area contributed by atoms with E-state index in [0.717, 1.165) is 50.1 Å². The third-order valence-corrected chi connectivity index (χ3v) is 12.5. The van der Waals surface area contributed by atoms with Gasteiger partial charge in [-0.15, -0.1) is 0 Å². The van der Waals surface area contributed by atoms with Crippen molar-refractivity contribution in [3.8, 4) is 28.4 Å². The Labute approximate surface area is 392 Å². The van der Waals surface area contributed by atoms with Crippen LogP contribution in [0.5, 0.6) is 11.5 Å². The fourth-order valence-electron chi connectivity index (χ4n) is 8.58. The summed E-state index contributed by atoms with van der Waals surface area (Å²) >= 11 is 0. The molecular formula is C59H64N4O. The molecule has 0 fully saturated rings. The number of benzene rings is 6. The highest BCUT2D eigenvalue weighted by Crippen LogP contribution is 2.48. The zero-order valence-corrected chi connectivity index (χ0v) is 39.3. The molecule has 0 radical (unpaired) electrons. The van der Waals surface area contributed by atoms with Crippen LogP contribution in [0.25, 0.3) is 38.8 Å². The SMILES string of the molecule is [2H]c1c([2H])c([2H])c(-c2cnc(-n3c4ccc(C(C)(C)C)cc4c4ccc(Oc5cccc(N6CN(c7cc(C(C)(C)C)cc(C(C)(C)C)c7)c7ccc(C(C)(C)C)cc76)c5)cc43)cc2C([2H])([2H])[2H])c([2H])c1[2H]. The van der Waals surface area contributed by atoms with E-state index in [1.54, 1.807) is 0 Å². The van der Waals surface area contributed by atoms with Gasteiger partial charge < -0.3 is 14.5 Å². The smallest absolute Gasteiger partial charge is 0.137 e. The van der Waals surface area contributed by atoms with Crippen LogP contribution < -0.4 is 14.5 Å². The van der Waals surface area contributed by atoms with Crippen molar-refractivity contribution in [2.75, 3.05) is 16.5 Å². The monoisotopic (exact) mass is 853 g/mol. The number of ether oxygens (including phenoxy) is 1. The fraction of sp³-hybridized carbons (Fsp3) is 0.305. The molecule has 0 N–H and O–H groups in total. The number of anilines is 4. The first-order chi connectivity index (χ1) is 33.4. The summed E-state index contributed by atoms with van der Waals surface area (Å²) in [4.78, 5) is 9.58. The van der Waals surface area contributed by atoms with Crippen LogP contribution in [0, 0.1) is 6.85 Å². The van der Waals surface area contributed by atoms with Gasteiger partial charge in [-0.1, -0.05) is 138 Å². The predicted octanol–water partition coefficient (Wildman–Crippen LogP) is 16.4. The number of hydrogen-bond donors (Lipinski definition) is 0. The third kappa shape index (κ3) is 8.06. The summed E-state index contributed by atoms with van der Waals surface area (Å²) in [6.07, 6.45) is 1.31. The number of aromatic nitrogens is 2. The molecule has 0 unspecified atom stereocenters.